The summed E-state index contributed by atoms with van der Waals surface area (Å²) in [5.74, 6) is 0.370. The summed E-state index contributed by atoms with van der Waals surface area (Å²) in [4.78, 5) is 0. The molecule has 0 atom stereocenters. The van der Waals surface area contributed by atoms with Crippen molar-refractivity contribution in [2.75, 3.05) is 20.8 Å². The lowest BCUT2D eigenvalue weighted by atomic mass is 9.78. The third-order valence-electron chi connectivity index (χ3n) is 4.04. The highest BCUT2D eigenvalue weighted by Crippen LogP contribution is 2.50. The normalized spacial score (nSPS) is 17.5. The average Bonchev–Trinajstić information content (AvgIpc) is 2.90. The Balaban J connectivity index is 2.69. The van der Waals surface area contributed by atoms with Crippen molar-refractivity contribution in [3.8, 4) is 11.5 Å². The van der Waals surface area contributed by atoms with Gasteiger partial charge in [-0.05, 0) is 12.8 Å². The highest BCUT2D eigenvalue weighted by molar-refractivity contribution is 6.32. The molecular formula is C14H19ClFNO2. The SMILES string of the molecule is COc1cc(F)c(Cl)c(C2(CN)CCCC2)c1OC. The number of hydrogen-bond donors (Lipinski definition) is 1. The Kier molecular flexibility index (Phi) is 4.21. The zero-order chi connectivity index (χ0) is 14.0. The molecule has 0 radical (unpaired) electrons. The van der Waals surface area contributed by atoms with Crippen LogP contribution in [0.25, 0.3) is 0 Å². The summed E-state index contributed by atoms with van der Waals surface area (Å²) in [6.07, 6.45) is 3.92. The predicted molar refractivity (Wildman–Crippen MR) is 73.7 cm³/mol. The third-order valence-corrected chi connectivity index (χ3v) is 4.41. The summed E-state index contributed by atoms with van der Waals surface area (Å²) >= 11 is 6.19. The minimum absolute atomic E-state index is 0.102. The Labute approximate surface area is 117 Å². The lowest BCUT2D eigenvalue weighted by Gasteiger charge is -2.31. The van der Waals surface area contributed by atoms with Crippen molar-refractivity contribution >= 4 is 11.6 Å². The smallest absolute Gasteiger partial charge is 0.166 e. The zero-order valence-electron chi connectivity index (χ0n) is 11.3. The average molecular weight is 288 g/mol. The Morgan fingerprint density at radius 2 is 1.95 bits per heavy atom. The molecule has 0 heterocycles. The molecule has 0 amide bonds. The van der Waals surface area contributed by atoms with E-state index < -0.39 is 5.82 Å². The van der Waals surface area contributed by atoms with Crippen molar-refractivity contribution in [2.24, 2.45) is 5.73 Å². The van der Waals surface area contributed by atoms with Crippen molar-refractivity contribution < 1.29 is 13.9 Å². The first-order chi connectivity index (χ1) is 9.09. The second kappa shape index (κ2) is 5.55. The number of halogens is 2. The van der Waals surface area contributed by atoms with E-state index in [0.29, 0.717) is 23.6 Å². The van der Waals surface area contributed by atoms with E-state index in [1.54, 1.807) is 0 Å². The summed E-state index contributed by atoms with van der Waals surface area (Å²) in [6.45, 7) is 0.426. The Bertz CT molecular complexity index is 473. The molecule has 0 aromatic heterocycles. The maximum atomic E-state index is 14.0. The quantitative estimate of drug-likeness (QED) is 0.924. The summed E-state index contributed by atoms with van der Waals surface area (Å²) in [6, 6.07) is 1.25. The number of rotatable bonds is 4. The van der Waals surface area contributed by atoms with Crippen LogP contribution in [0.15, 0.2) is 6.07 Å². The number of nitrogens with two attached hydrogens (primary N) is 1. The molecule has 0 spiro atoms. The molecule has 0 bridgehead atoms. The molecular weight excluding hydrogens is 269 g/mol. The van der Waals surface area contributed by atoms with Crippen molar-refractivity contribution in [1.82, 2.24) is 0 Å². The van der Waals surface area contributed by atoms with Gasteiger partial charge in [-0.15, -0.1) is 0 Å². The van der Waals surface area contributed by atoms with Gasteiger partial charge in [-0.3, -0.25) is 0 Å². The van der Waals surface area contributed by atoms with Crippen LogP contribution in [0, 0.1) is 5.82 Å². The van der Waals surface area contributed by atoms with E-state index in [1.165, 1.54) is 20.3 Å². The lowest BCUT2D eigenvalue weighted by Crippen LogP contribution is -2.33. The molecule has 106 valence electrons. The first kappa shape index (κ1) is 14.4. The predicted octanol–water partition coefficient (Wildman–Crippen LogP) is 3.27. The molecule has 1 aliphatic carbocycles. The van der Waals surface area contributed by atoms with Gasteiger partial charge >= 0.3 is 0 Å². The van der Waals surface area contributed by atoms with E-state index in [4.69, 9.17) is 26.8 Å². The highest BCUT2D eigenvalue weighted by Gasteiger charge is 2.40. The summed E-state index contributed by atoms with van der Waals surface area (Å²) in [5, 5.41) is 0.102. The second-order valence-electron chi connectivity index (χ2n) is 4.97. The van der Waals surface area contributed by atoms with Crippen LogP contribution >= 0.6 is 11.6 Å². The van der Waals surface area contributed by atoms with Crippen molar-refractivity contribution in [2.45, 2.75) is 31.1 Å². The number of benzene rings is 1. The van der Waals surface area contributed by atoms with Gasteiger partial charge in [0.05, 0.1) is 19.2 Å². The van der Waals surface area contributed by atoms with Crippen LogP contribution in [0.5, 0.6) is 11.5 Å². The molecule has 0 unspecified atom stereocenters. The topological polar surface area (TPSA) is 44.5 Å². The minimum atomic E-state index is -0.492. The minimum Gasteiger partial charge on any atom is -0.493 e. The maximum absolute atomic E-state index is 14.0. The summed E-state index contributed by atoms with van der Waals surface area (Å²) < 4.78 is 24.6. The van der Waals surface area contributed by atoms with Gasteiger partial charge in [0.15, 0.2) is 11.5 Å². The van der Waals surface area contributed by atoms with Crippen LogP contribution in [-0.4, -0.2) is 20.8 Å². The molecule has 5 heteroatoms. The lowest BCUT2D eigenvalue weighted by molar-refractivity contribution is 0.333. The van der Waals surface area contributed by atoms with Crippen LogP contribution in [0.1, 0.15) is 31.2 Å². The molecule has 1 aromatic carbocycles. The Hall–Kier alpha value is -1.00. The Morgan fingerprint density at radius 1 is 1.32 bits per heavy atom. The van der Waals surface area contributed by atoms with Gasteiger partial charge in [0.1, 0.15) is 5.82 Å². The van der Waals surface area contributed by atoms with Gasteiger partial charge in [0.25, 0.3) is 0 Å². The first-order valence-corrected chi connectivity index (χ1v) is 6.78. The van der Waals surface area contributed by atoms with Gasteiger partial charge in [0.2, 0.25) is 0 Å². The van der Waals surface area contributed by atoms with Crippen molar-refractivity contribution in [1.29, 1.82) is 0 Å². The molecule has 2 N–H and O–H groups in total. The van der Waals surface area contributed by atoms with Crippen molar-refractivity contribution in [3.63, 3.8) is 0 Å². The van der Waals surface area contributed by atoms with E-state index >= 15 is 0 Å². The maximum Gasteiger partial charge on any atom is 0.166 e. The van der Waals surface area contributed by atoms with Crippen LogP contribution in [0.3, 0.4) is 0 Å². The van der Waals surface area contributed by atoms with Crippen LogP contribution in [0.2, 0.25) is 5.02 Å². The van der Waals surface area contributed by atoms with Gasteiger partial charge in [-0.25, -0.2) is 4.39 Å². The standard InChI is InChI=1S/C14H19ClFNO2/c1-18-10-7-9(16)12(15)11(13(10)19-2)14(8-17)5-3-4-6-14/h7H,3-6,8,17H2,1-2H3. The number of ether oxygens (including phenoxy) is 2. The van der Waals surface area contributed by atoms with Gasteiger partial charge in [-0.1, -0.05) is 24.4 Å². The summed E-state index contributed by atoms with van der Waals surface area (Å²) in [5.41, 5.74) is 6.31. The van der Waals surface area contributed by atoms with E-state index in [2.05, 4.69) is 0 Å². The molecule has 1 fully saturated rings. The van der Waals surface area contributed by atoms with Crippen LogP contribution in [0.4, 0.5) is 4.39 Å². The van der Waals surface area contributed by atoms with Crippen LogP contribution < -0.4 is 15.2 Å². The molecule has 3 nitrogen and oxygen atoms in total. The van der Waals surface area contributed by atoms with Crippen LogP contribution in [-0.2, 0) is 5.41 Å². The Morgan fingerprint density at radius 3 is 2.42 bits per heavy atom. The fraction of sp³-hybridized carbons (Fsp3) is 0.571. The molecule has 2 rings (SSSR count). The van der Waals surface area contributed by atoms with Gasteiger partial charge in [-0.2, -0.15) is 0 Å². The second-order valence-corrected chi connectivity index (χ2v) is 5.35. The molecule has 1 aliphatic rings. The zero-order valence-corrected chi connectivity index (χ0v) is 12.0. The van der Waals surface area contributed by atoms with Gasteiger partial charge in [0, 0.05) is 23.6 Å². The molecule has 0 saturated heterocycles. The van der Waals surface area contributed by atoms with E-state index in [1.807, 2.05) is 0 Å². The highest BCUT2D eigenvalue weighted by atomic mass is 35.5. The fourth-order valence-corrected chi connectivity index (χ4v) is 3.36. The fourth-order valence-electron chi connectivity index (χ4n) is 3.02. The first-order valence-electron chi connectivity index (χ1n) is 6.40. The van der Waals surface area contributed by atoms with Gasteiger partial charge < -0.3 is 15.2 Å². The van der Waals surface area contributed by atoms with E-state index in [0.717, 1.165) is 25.7 Å². The molecule has 19 heavy (non-hydrogen) atoms. The monoisotopic (exact) mass is 287 g/mol. The van der Waals surface area contributed by atoms with Crippen molar-refractivity contribution in [3.05, 3.63) is 22.5 Å². The van der Waals surface area contributed by atoms with E-state index in [9.17, 15) is 4.39 Å². The third kappa shape index (κ3) is 2.28. The van der Waals surface area contributed by atoms with E-state index in [-0.39, 0.29) is 10.4 Å². The molecule has 1 aromatic rings. The number of hydrogen-bond acceptors (Lipinski definition) is 3. The molecule has 1 saturated carbocycles. The number of methoxy groups -OCH3 is 2. The summed E-state index contributed by atoms with van der Waals surface area (Å²) in [7, 11) is 3.02. The largest absolute Gasteiger partial charge is 0.493 e. The molecule has 0 aliphatic heterocycles.